The fourth-order valence-electron chi connectivity index (χ4n) is 0. The van der Waals surface area contributed by atoms with Gasteiger partial charge in [0.15, 0.2) is 0 Å². The second-order valence-electron chi connectivity index (χ2n) is 0.0816. The average molecular weight is 160 g/mol. The molecule has 0 aliphatic heterocycles. The molecular formula is H2Mn2O3. The molecule has 0 aromatic carbocycles. The van der Waals surface area contributed by atoms with Gasteiger partial charge in [0.25, 0.3) is 0 Å². The molecule has 5 heavy (non-hydrogen) atoms. The Morgan fingerprint density at radius 1 is 1.00 bits per heavy atom. The Hall–Kier alpha value is 0.919. The second kappa shape index (κ2) is 20.5. The third-order valence-electron chi connectivity index (χ3n) is 0. The zero-order valence-corrected chi connectivity index (χ0v) is 4.42. The maximum Gasteiger partial charge on any atom is 0 e. The van der Waals surface area contributed by atoms with Gasteiger partial charge in [0.2, 0.25) is 0 Å². The molecule has 0 saturated carbocycles. The van der Waals surface area contributed by atoms with Gasteiger partial charge in [0.05, 0.1) is 0 Å². The van der Waals surface area contributed by atoms with Crippen molar-refractivity contribution in [2.24, 2.45) is 0 Å². The normalized spacial score (nSPS) is 3.60. The van der Waals surface area contributed by atoms with Crippen LogP contribution in [0.2, 0.25) is 0 Å². The number of hydrogen-bond acceptors (Lipinski definition) is 3. The summed E-state index contributed by atoms with van der Waals surface area (Å²) in [6, 6.07) is 0. The summed E-state index contributed by atoms with van der Waals surface area (Å²) in [5.41, 5.74) is 0. The Balaban J connectivity index is -0.0000000200. The molecule has 2 radical (unpaired) electrons. The van der Waals surface area contributed by atoms with Crippen LogP contribution in [-0.2, 0) is 39.2 Å². The van der Waals surface area contributed by atoms with Gasteiger partial charge in [0, 0.05) is 34.1 Å². The van der Waals surface area contributed by atoms with Gasteiger partial charge in [-0.1, -0.05) is 5.04 Å². The molecule has 0 unspecified atom stereocenters. The fraction of sp³-hybridized carbons (Fsp3) is 0. The largest absolute Gasteiger partial charge is 0.221 e. The van der Waals surface area contributed by atoms with Crippen LogP contribution in [0.1, 0.15) is 0 Å². The van der Waals surface area contributed by atoms with Crippen molar-refractivity contribution in [1.82, 2.24) is 0 Å². The van der Waals surface area contributed by atoms with E-state index < -0.39 is 0 Å². The third kappa shape index (κ3) is 49.6. The maximum absolute atomic E-state index is 6.62. The fourth-order valence-corrected chi connectivity index (χ4v) is 0. The molecule has 0 spiro atoms. The van der Waals surface area contributed by atoms with E-state index in [2.05, 4.69) is 5.04 Å². The van der Waals surface area contributed by atoms with E-state index in [-0.39, 0.29) is 34.1 Å². The molecule has 0 saturated heterocycles. The van der Waals surface area contributed by atoms with E-state index in [1.807, 2.05) is 0 Å². The molecular weight excluding hydrogens is 158 g/mol. The quantitative estimate of drug-likeness (QED) is 0.296. The van der Waals surface area contributed by atoms with E-state index in [4.69, 9.17) is 10.5 Å². The minimum Gasteiger partial charge on any atom is -0.221 e. The molecule has 0 rings (SSSR count). The topological polar surface area (TPSA) is 49.7 Å². The predicted octanol–water partition coefficient (Wildman–Crippen LogP) is -0.0560. The van der Waals surface area contributed by atoms with Crippen LogP contribution in [0.15, 0.2) is 0 Å². The van der Waals surface area contributed by atoms with E-state index in [0.29, 0.717) is 0 Å². The van der Waals surface area contributed by atoms with Crippen molar-refractivity contribution in [2.45, 2.75) is 0 Å². The number of rotatable bonds is 0. The van der Waals surface area contributed by atoms with Gasteiger partial charge in [-0.05, 0) is 0 Å². The zero-order chi connectivity index (χ0) is 2.71. The molecule has 0 bridgehead atoms. The van der Waals surface area contributed by atoms with Gasteiger partial charge in [0.1, 0.15) is 0 Å². The van der Waals surface area contributed by atoms with E-state index in [0.717, 1.165) is 0 Å². The van der Waals surface area contributed by atoms with Crippen LogP contribution in [0.5, 0.6) is 0 Å². The van der Waals surface area contributed by atoms with E-state index in [9.17, 15) is 0 Å². The number of hydrogen-bond donors (Lipinski definition) is 2. The Kier molecular flexibility index (Phi) is 69.0. The summed E-state index contributed by atoms with van der Waals surface area (Å²) < 4.78 is 0. The molecule has 2 N–H and O–H groups in total. The summed E-state index contributed by atoms with van der Waals surface area (Å²) in [6.07, 6.45) is 0. The molecule has 0 aliphatic carbocycles. The van der Waals surface area contributed by atoms with Crippen LogP contribution in [0.25, 0.3) is 0 Å². The van der Waals surface area contributed by atoms with Crippen LogP contribution in [0.3, 0.4) is 0 Å². The molecule has 5 heteroatoms. The average Bonchev–Trinajstić information content (AvgIpc) is 0.918. The van der Waals surface area contributed by atoms with Crippen molar-refractivity contribution < 1.29 is 49.7 Å². The molecule has 0 fully saturated rings. The van der Waals surface area contributed by atoms with Gasteiger partial charge in [-0.25, -0.2) is 10.5 Å². The zero-order valence-electron chi connectivity index (χ0n) is 2.06. The first-order valence-electron chi connectivity index (χ1n) is 0.365. The third-order valence-corrected chi connectivity index (χ3v) is 0. The molecule has 34 valence electrons. The summed E-state index contributed by atoms with van der Waals surface area (Å²) in [6.45, 7) is 0. The van der Waals surface area contributed by atoms with Crippen molar-refractivity contribution in [3.05, 3.63) is 0 Å². The van der Waals surface area contributed by atoms with Crippen molar-refractivity contribution in [3.8, 4) is 0 Å². The van der Waals surface area contributed by atoms with Crippen LogP contribution < -0.4 is 0 Å². The summed E-state index contributed by atoms with van der Waals surface area (Å²) in [5, 5.41) is 15.5. The van der Waals surface area contributed by atoms with Gasteiger partial charge in [-0.3, -0.25) is 0 Å². The smallest absolute Gasteiger partial charge is 0 e. The maximum atomic E-state index is 6.62. The Morgan fingerprint density at radius 3 is 1.00 bits per heavy atom. The van der Waals surface area contributed by atoms with Crippen molar-refractivity contribution in [1.29, 1.82) is 0 Å². The van der Waals surface area contributed by atoms with Gasteiger partial charge < -0.3 is 0 Å². The standard InChI is InChI=1S/2Mn.H2O3/c;;1-3-2/h;;1-2H. The summed E-state index contributed by atoms with van der Waals surface area (Å²) in [4.78, 5) is 0. The first-order chi connectivity index (χ1) is 1.41. The van der Waals surface area contributed by atoms with E-state index in [1.165, 1.54) is 0 Å². The molecule has 0 atom stereocenters. The predicted molar refractivity (Wildman–Crippen MR) is 6.34 cm³/mol. The van der Waals surface area contributed by atoms with Crippen LogP contribution in [0.4, 0.5) is 0 Å². The first kappa shape index (κ1) is 16.8. The second-order valence-corrected chi connectivity index (χ2v) is 0.0816. The Bertz CT molecular complexity index is 4.85. The molecule has 3 nitrogen and oxygen atoms in total. The van der Waals surface area contributed by atoms with Gasteiger partial charge >= 0.3 is 0 Å². The molecule has 0 aromatic rings. The molecule has 0 aromatic heterocycles. The Labute approximate surface area is 50.1 Å². The Morgan fingerprint density at radius 2 is 1.00 bits per heavy atom. The SMILES string of the molecule is OOO.[Mn].[Mn]. The molecule has 0 amide bonds. The van der Waals surface area contributed by atoms with E-state index in [1.54, 1.807) is 0 Å². The first-order valence-corrected chi connectivity index (χ1v) is 0.365. The van der Waals surface area contributed by atoms with Crippen molar-refractivity contribution >= 4 is 0 Å². The van der Waals surface area contributed by atoms with Gasteiger partial charge in [-0.15, -0.1) is 0 Å². The summed E-state index contributed by atoms with van der Waals surface area (Å²) >= 11 is 0. The van der Waals surface area contributed by atoms with Crippen molar-refractivity contribution in [3.63, 3.8) is 0 Å². The van der Waals surface area contributed by atoms with Crippen LogP contribution in [-0.4, -0.2) is 10.5 Å². The van der Waals surface area contributed by atoms with Crippen LogP contribution in [0, 0.1) is 0 Å². The summed E-state index contributed by atoms with van der Waals surface area (Å²) in [5.74, 6) is 0. The molecule has 0 aliphatic rings. The minimum absolute atomic E-state index is 0. The molecule has 0 heterocycles. The minimum atomic E-state index is 0. The van der Waals surface area contributed by atoms with Gasteiger partial charge in [-0.2, -0.15) is 0 Å². The monoisotopic (exact) mass is 160 g/mol. The van der Waals surface area contributed by atoms with Crippen molar-refractivity contribution in [2.75, 3.05) is 0 Å². The summed E-state index contributed by atoms with van der Waals surface area (Å²) in [7, 11) is 0. The van der Waals surface area contributed by atoms with Crippen LogP contribution >= 0.6 is 0 Å². The van der Waals surface area contributed by atoms with E-state index >= 15 is 0 Å².